The van der Waals surface area contributed by atoms with E-state index in [0.29, 0.717) is 0 Å². The van der Waals surface area contributed by atoms with Crippen molar-refractivity contribution in [3.05, 3.63) is 0 Å². The van der Waals surface area contributed by atoms with E-state index in [1.807, 2.05) is 23.3 Å². The predicted molar refractivity (Wildman–Crippen MR) is 11.6 cm³/mol. The molecule has 0 bridgehead atoms. The minimum atomic E-state index is 0. The third-order valence-corrected chi connectivity index (χ3v) is 0. The molecule has 0 radical (unpaired) electrons. The van der Waals surface area contributed by atoms with Crippen molar-refractivity contribution < 1.29 is 35.8 Å². The van der Waals surface area contributed by atoms with Gasteiger partial charge in [-0.1, -0.05) is 0 Å². The van der Waals surface area contributed by atoms with Gasteiger partial charge in [-0.2, -0.15) is 0 Å². The second kappa shape index (κ2) is 22.5. The second-order valence-corrected chi connectivity index (χ2v) is 0. The van der Waals surface area contributed by atoms with Crippen LogP contribution in [0.3, 0.4) is 0 Å². The fourth-order valence-electron chi connectivity index (χ4n) is 0. The van der Waals surface area contributed by atoms with Gasteiger partial charge < -0.3 is 17.0 Å². The maximum absolute atomic E-state index is 2.00. The summed E-state index contributed by atoms with van der Waals surface area (Å²) in [6.07, 6.45) is 0. The van der Waals surface area contributed by atoms with Crippen LogP contribution in [0.25, 0.3) is 0 Å². The fourth-order valence-corrected chi connectivity index (χ4v) is 0. The summed E-state index contributed by atoms with van der Waals surface area (Å²) in [7, 11) is 0. The molecular weight excluding hydrogens is 106 g/mol. The molecule has 0 aromatic heterocycles. The summed E-state index contributed by atoms with van der Waals surface area (Å²) in [6, 6.07) is 0. The van der Waals surface area contributed by atoms with Crippen molar-refractivity contribution in [3.63, 3.8) is 0 Å². The van der Waals surface area contributed by atoms with Crippen LogP contribution in [-0.4, -0.2) is 17.7 Å². The number of hydrogen-bond donors (Lipinski definition) is 0. The standard InChI is InChI=1S/CH3.BrH.2Li/h1H3;1H;;/q;;;+1/p-1. The van der Waals surface area contributed by atoms with Crippen LogP contribution in [0.5, 0.6) is 0 Å². The molecule has 0 saturated carbocycles. The normalized spacial score (nSPS) is 1.75. The molecule has 0 fully saturated rings. The van der Waals surface area contributed by atoms with E-state index in [1.165, 1.54) is 0 Å². The third kappa shape index (κ3) is 9.37. The van der Waals surface area contributed by atoms with Gasteiger partial charge in [0.1, 0.15) is 0 Å². The van der Waals surface area contributed by atoms with Crippen LogP contribution in [0.2, 0.25) is 5.60 Å². The van der Waals surface area contributed by atoms with E-state index >= 15 is 0 Å². The molecule has 0 aromatic carbocycles. The maximum atomic E-state index is 2.00. The van der Waals surface area contributed by atoms with Crippen LogP contribution in [0.1, 0.15) is 0 Å². The van der Waals surface area contributed by atoms with Gasteiger partial charge in [0.2, 0.25) is 0 Å². The first-order valence-electron chi connectivity index (χ1n) is 1.00. The first-order chi connectivity index (χ1) is 1.00. The van der Waals surface area contributed by atoms with Crippen LogP contribution in [0.4, 0.5) is 0 Å². The SMILES string of the molecule is [Br-].[Li+].[Li][CH3]. The van der Waals surface area contributed by atoms with E-state index in [9.17, 15) is 0 Å². The fraction of sp³-hybridized carbons (Fsp3) is 1.00. The van der Waals surface area contributed by atoms with Gasteiger partial charge in [-0.15, -0.1) is 0 Å². The molecule has 0 heterocycles. The summed E-state index contributed by atoms with van der Waals surface area (Å²) >= 11 is 2.00. The van der Waals surface area contributed by atoms with Crippen LogP contribution < -0.4 is 35.8 Å². The van der Waals surface area contributed by atoms with Crippen molar-refractivity contribution in [3.8, 4) is 0 Å². The van der Waals surface area contributed by atoms with E-state index in [1.54, 1.807) is 0 Å². The van der Waals surface area contributed by atoms with E-state index in [0.717, 1.165) is 0 Å². The summed E-state index contributed by atoms with van der Waals surface area (Å²) in [5, 5.41) is 0. The first-order valence-corrected chi connectivity index (χ1v) is 1.00. The first kappa shape index (κ1) is 17.3. The number of halogens is 1. The quantitative estimate of drug-likeness (QED) is 0.272. The van der Waals surface area contributed by atoms with Crippen molar-refractivity contribution in [1.82, 2.24) is 0 Å². The number of hydrogen-bond acceptors (Lipinski definition) is 0. The molecule has 3 heteroatoms. The Morgan fingerprint density at radius 2 is 1.25 bits per heavy atom. The molecule has 0 aliphatic carbocycles. The molecule has 0 aliphatic heterocycles. The zero-order valence-electron chi connectivity index (χ0n) is 3.38. The molecule has 0 unspecified atom stereocenters. The Morgan fingerprint density at radius 1 is 1.25 bits per heavy atom. The van der Waals surface area contributed by atoms with Gasteiger partial charge in [-0.05, 0) is 0 Å². The van der Waals surface area contributed by atoms with Gasteiger partial charge in [0.05, 0.1) is 0 Å². The molecule has 0 rings (SSSR count). The molecular formula is CH3BrLi2. The zero-order valence-corrected chi connectivity index (χ0v) is 4.96. The van der Waals surface area contributed by atoms with E-state index in [2.05, 4.69) is 0 Å². The minimum absolute atomic E-state index is 0. The van der Waals surface area contributed by atoms with Crippen LogP contribution >= 0.6 is 0 Å². The molecule has 0 aliphatic rings. The Morgan fingerprint density at radius 3 is 1.25 bits per heavy atom. The Labute approximate surface area is 58.9 Å². The van der Waals surface area contributed by atoms with Crippen molar-refractivity contribution in [2.24, 2.45) is 0 Å². The Hall–Kier alpha value is 1.67. The second-order valence-electron chi connectivity index (χ2n) is 0. The molecule has 16 valence electrons. The molecule has 4 heavy (non-hydrogen) atoms. The summed E-state index contributed by atoms with van der Waals surface area (Å²) in [6.45, 7) is 0. The molecule has 0 spiro atoms. The molecule has 0 atom stereocenters. The summed E-state index contributed by atoms with van der Waals surface area (Å²) in [5.41, 5.74) is 2.00. The van der Waals surface area contributed by atoms with Crippen molar-refractivity contribution in [2.75, 3.05) is 0 Å². The van der Waals surface area contributed by atoms with Crippen molar-refractivity contribution in [2.45, 2.75) is 5.60 Å². The van der Waals surface area contributed by atoms with Crippen LogP contribution in [0.15, 0.2) is 0 Å². The summed E-state index contributed by atoms with van der Waals surface area (Å²) in [4.78, 5) is 0. The number of rotatable bonds is 0. The third-order valence-electron chi connectivity index (χ3n) is 0. The Balaban J connectivity index is -0.00000000500. The van der Waals surface area contributed by atoms with Crippen molar-refractivity contribution >= 4 is 17.7 Å². The molecule has 0 N–H and O–H groups in total. The van der Waals surface area contributed by atoms with E-state index < -0.39 is 0 Å². The van der Waals surface area contributed by atoms with Gasteiger partial charge in [-0.25, -0.2) is 0 Å². The average molecular weight is 109 g/mol. The molecule has 0 saturated heterocycles. The van der Waals surface area contributed by atoms with Gasteiger partial charge >= 0.3 is 42.2 Å². The van der Waals surface area contributed by atoms with Crippen molar-refractivity contribution in [1.29, 1.82) is 0 Å². The monoisotopic (exact) mass is 108 g/mol. The van der Waals surface area contributed by atoms with Gasteiger partial charge in [0.25, 0.3) is 0 Å². The van der Waals surface area contributed by atoms with Gasteiger partial charge in [0.15, 0.2) is 0 Å². The van der Waals surface area contributed by atoms with Crippen LogP contribution in [0, 0.1) is 0 Å². The van der Waals surface area contributed by atoms with Gasteiger partial charge in [0, 0.05) is 0 Å². The summed E-state index contributed by atoms with van der Waals surface area (Å²) in [5.74, 6) is 0. The Kier molecular flexibility index (Phi) is 97.5. The molecule has 0 amide bonds. The predicted octanol–water partition coefficient (Wildman–Crippen LogP) is -5.79. The molecule has 0 nitrogen and oxygen atoms in total. The topological polar surface area (TPSA) is 0 Å². The average Bonchev–Trinajstić information content (AvgIpc) is 1.00. The summed E-state index contributed by atoms with van der Waals surface area (Å²) < 4.78 is 0. The zero-order chi connectivity index (χ0) is 2.00. The van der Waals surface area contributed by atoms with Crippen LogP contribution in [-0.2, 0) is 0 Å². The van der Waals surface area contributed by atoms with E-state index in [4.69, 9.17) is 0 Å². The molecule has 0 aromatic rings. The Bertz CT molecular complexity index is 6.00. The van der Waals surface area contributed by atoms with Gasteiger partial charge in [-0.3, -0.25) is 0 Å². The van der Waals surface area contributed by atoms with E-state index in [-0.39, 0.29) is 35.8 Å².